The molecule has 0 fully saturated rings. The van der Waals surface area contributed by atoms with Crippen LogP contribution < -0.4 is 10.6 Å². The van der Waals surface area contributed by atoms with E-state index in [0.717, 1.165) is 5.56 Å². The summed E-state index contributed by atoms with van der Waals surface area (Å²) in [6, 6.07) is 6.59. The first-order chi connectivity index (χ1) is 11.2. The first-order valence-corrected chi connectivity index (χ1v) is 7.55. The molecule has 128 valence electrons. The molecular formula is C16H21N5O3. The van der Waals surface area contributed by atoms with Crippen molar-refractivity contribution >= 4 is 23.6 Å². The predicted molar refractivity (Wildman–Crippen MR) is 90.1 cm³/mol. The monoisotopic (exact) mass is 331 g/mol. The maximum absolute atomic E-state index is 12.0. The zero-order valence-electron chi connectivity index (χ0n) is 13.9. The highest BCUT2D eigenvalue weighted by atomic mass is 16.4. The number of nitrogens with zero attached hydrogens (tertiary/aromatic N) is 3. The van der Waals surface area contributed by atoms with Crippen molar-refractivity contribution in [2.75, 3.05) is 10.6 Å². The molecule has 0 atom stereocenters. The summed E-state index contributed by atoms with van der Waals surface area (Å²) >= 11 is 0. The van der Waals surface area contributed by atoms with Crippen LogP contribution in [0.5, 0.6) is 0 Å². The van der Waals surface area contributed by atoms with Crippen molar-refractivity contribution < 1.29 is 14.7 Å². The third-order valence-corrected chi connectivity index (χ3v) is 3.22. The average Bonchev–Trinajstić information content (AvgIpc) is 2.94. The van der Waals surface area contributed by atoms with E-state index in [-0.39, 0.29) is 17.9 Å². The number of amides is 2. The number of carboxylic acid groups (broad SMARTS) is 1. The average molecular weight is 331 g/mol. The van der Waals surface area contributed by atoms with Crippen molar-refractivity contribution in [3.63, 3.8) is 0 Å². The van der Waals surface area contributed by atoms with Crippen LogP contribution >= 0.6 is 0 Å². The van der Waals surface area contributed by atoms with Gasteiger partial charge in [0.25, 0.3) is 0 Å². The Kier molecular flexibility index (Phi) is 5.18. The van der Waals surface area contributed by atoms with Gasteiger partial charge in [-0.15, -0.1) is 5.10 Å². The summed E-state index contributed by atoms with van der Waals surface area (Å²) in [5, 5.41) is 18.2. The third kappa shape index (κ3) is 5.08. The second-order valence-corrected chi connectivity index (χ2v) is 6.36. The van der Waals surface area contributed by atoms with Crippen LogP contribution in [0.15, 0.2) is 30.6 Å². The topological polar surface area (TPSA) is 109 Å². The lowest BCUT2D eigenvalue weighted by Crippen LogP contribution is -2.23. The van der Waals surface area contributed by atoms with Crippen LogP contribution in [0, 0.1) is 0 Å². The number of benzene rings is 1. The number of anilines is 2. The molecule has 1 aromatic heterocycles. The standard InChI is InChI=1S/C16H21N5O3/c1-16(2,3)21-10-17-14(20-21)19-15(24)18-12-6-4-5-11(9-12)7-8-13(22)23/h4-6,9-10H,7-8H2,1-3H3,(H,22,23)(H2,18,19,20,24). The number of urea groups is 1. The van der Waals surface area contributed by atoms with Gasteiger partial charge in [-0.25, -0.2) is 14.5 Å². The molecule has 0 radical (unpaired) electrons. The number of hydrogen-bond acceptors (Lipinski definition) is 4. The number of carboxylic acids is 1. The number of aryl methyl sites for hydroxylation is 1. The minimum atomic E-state index is -0.855. The Morgan fingerprint density at radius 3 is 2.62 bits per heavy atom. The quantitative estimate of drug-likeness (QED) is 0.780. The molecule has 0 unspecified atom stereocenters. The highest BCUT2D eigenvalue weighted by molar-refractivity contribution is 5.98. The highest BCUT2D eigenvalue weighted by Crippen LogP contribution is 2.14. The van der Waals surface area contributed by atoms with E-state index < -0.39 is 12.0 Å². The fourth-order valence-electron chi connectivity index (χ4n) is 1.96. The second-order valence-electron chi connectivity index (χ2n) is 6.36. The lowest BCUT2D eigenvalue weighted by atomic mass is 10.1. The SMILES string of the molecule is CC(C)(C)n1cnc(NC(=O)Nc2cccc(CCC(=O)O)c2)n1. The highest BCUT2D eigenvalue weighted by Gasteiger charge is 2.16. The van der Waals surface area contributed by atoms with Crippen LogP contribution in [-0.4, -0.2) is 31.9 Å². The third-order valence-electron chi connectivity index (χ3n) is 3.22. The van der Waals surface area contributed by atoms with Crippen LogP contribution in [-0.2, 0) is 16.8 Å². The van der Waals surface area contributed by atoms with Crippen LogP contribution in [0.1, 0.15) is 32.8 Å². The fraction of sp³-hybridized carbons (Fsp3) is 0.375. The second kappa shape index (κ2) is 7.12. The number of rotatable bonds is 5. The molecular weight excluding hydrogens is 310 g/mol. The number of carbonyl (C=O) groups is 2. The van der Waals surface area contributed by atoms with Crippen LogP contribution in [0.2, 0.25) is 0 Å². The van der Waals surface area contributed by atoms with Crippen LogP contribution in [0.3, 0.4) is 0 Å². The van der Waals surface area contributed by atoms with Crippen molar-refractivity contribution in [1.82, 2.24) is 14.8 Å². The number of hydrogen-bond donors (Lipinski definition) is 3. The minimum absolute atomic E-state index is 0.0454. The van der Waals surface area contributed by atoms with Gasteiger partial charge in [0.2, 0.25) is 5.95 Å². The van der Waals surface area contributed by atoms with E-state index in [0.29, 0.717) is 12.1 Å². The van der Waals surface area contributed by atoms with Gasteiger partial charge in [0.15, 0.2) is 0 Å². The summed E-state index contributed by atoms with van der Waals surface area (Å²) < 4.78 is 1.66. The molecule has 2 rings (SSSR count). The minimum Gasteiger partial charge on any atom is -0.481 e. The normalized spacial score (nSPS) is 11.1. The molecule has 1 aromatic carbocycles. The molecule has 0 aliphatic heterocycles. The van der Waals surface area contributed by atoms with Crippen molar-refractivity contribution in [1.29, 1.82) is 0 Å². The van der Waals surface area contributed by atoms with Crippen LogP contribution in [0.25, 0.3) is 0 Å². The van der Waals surface area contributed by atoms with E-state index in [1.165, 1.54) is 0 Å². The zero-order chi connectivity index (χ0) is 17.7. The summed E-state index contributed by atoms with van der Waals surface area (Å²) in [4.78, 5) is 26.7. The van der Waals surface area contributed by atoms with E-state index in [1.54, 1.807) is 29.2 Å². The van der Waals surface area contributed by atoms with Gasteiger partial charge in [0.1, 0.15) is 6.33 Å². The van der Waals surface area contributed by atoms with Crippen molar-refractivity contribution in [2.45, 2.75) is 39.2 Å². The van der Waals surface area contributed by atoms with E-state index in [1.807, 2.05) is 26.8 Å². The van der Waals surface area contributed by atoms with Crippen molar-refractivity contribution in [3.05, 3.63) is 36.2 Å². The summed E-state index contributed by atoms with van der Waals surface area (Å²) in [5.74, 6) is -0.643. The molecule has 8 nitrogen and oxygen atoms in total. The Morgan fingerprint density at radius 1 is 1.25 bits per heavy atom. The van der Waals surface area contributed by atoms with Crippen LogP contribution in [0.4, 0.5) is 16.4 Å². The largest absolute Gasteiger partial charge is 0.481 e. The molecule has 2 amide bonds. The smallest absolute Gasteiger partial charge is 0.326 e. The maximum Gasteiger partial charge on any atom is 0.326 e. The molecule has 0 saturated heterocycles. The van der Waals surface area contributed by atoms with Gasteiger partial charge in [-0.1, -0.05) is 12.1 Å². The van der Waals surface area contributed by atoms with E-state index in [2.05, 4.69) is 20.7 Å². The van der Waals surface area contributed by atoms with Gasteiger partial charge in [-0.2, -0.15) is 0 Å². The summed E-state index contributed by atoms with van der Waals surface area (Å²) in [6.07, 6.45) is 2.01. The summed E-state index contributed by atoms with van der Waals surface area (Å²) in [5.41, 5.74) is 1.19. The van der Waals surface area contributed by atoms with Gasteiger partial charge in [0, 0.05) is 12.1 Å². The number of nitrogens with one attached hydrogen (secondary N) is 2. The maximum atomic E-state index is 12.0. The first-order valence-electron chi connectivity index (χ1n) is 7.55. The Balaban J connectivity index is 1.96. The molecule has 1 heterocycles. The molecule has 0 aliphatic carbocycles. The Hall–Kier alpha value is -2.90. The Bertz CT molecular complexity index is 733. The van der Waals surface area contributed by atoms with Gasteiger partial charge < -0.3 is 10.4 Å². The summed E-state index contributed by atoms with van der Waals surface area (Å²) in [7, 11) is 0. The fourth-order valence-corrected chi connectivity index (χ4v) is 1.96. The van der Waals surface area contributed by atoms with Crippen molar-refractivity contribution in [3.8, 4) is 0 Å². The van der Waals surface area contributed by atoms with Gasteiger partial charge >= 0.3 is 12.0 Å². The molecule has 0 aliphatic rings. The van der Waals surface area contributed by atoms with Gasteiger partial charge in [-0.05, 0) is 44.9 Å². The van der Waals surface area contributed by atoms with E-state index in [9.17, 15) is 9.59 Å². The molecule has 24 heavy (non-hydrogen) atoms. The van der Waals surface area contributed by atoms with Gasteiger partial charge in [-0.3, -0.25) is 10.1 Å². The molecule has 8 heteroatoms. The lowest BCUT2D eigenvalue weighted by Gasteiger charge is -2.17. The van der Waals surface area contributed by atoms with E-state index in [4.69, 9.17) is 5.11 Å². The molecule has 0 bridgehead atoms. The van der Waals surface area contributed by atoms with Gasteiger partial charge in [0.05, 0.1) is 5.54 Å². The molecule has 0 spiro atoms. The molecule has 3 N–H and O–H groups in total. The molecule has 2 aromatic rings. The van der Waals surface area contributed by atoms with Crippen molar-refractivity contribution in [2.24, 2.45) is 0 Å². The van der Waals surface area contributed by atoms with E-state index >= 15 is 0 Å². The lowest BCUT2D eigenvalue weighted by molar-refractivity contribution is -0.136. The number of aromatic nitrogens is 3. The zero-order valence-corrected chi connectivity index (χ0v) is 13.9. The Morgan fingerprint density at radius 2 is 2.00 bits per heavy atom. The summed E-state index contributed by atoms with van der Waals surface area (Å²) in [6.45, 7) is 5.94. The number of aliphatic carboxylic acids is 1. The predicted octanol–water partition coefficient (Wildman–Crippen LogP) is 2.69. The Labute approximate surface area is 139 Å². The number of carbonyl (C=O) groups excluding carboxylic acids is 1. The first kappa shape index (κ1) is 17.5. The molecule has 0 saturated carbocycles.